The average molecular weight is 391 g/mol. The molecule has 0 bridgehead atoms. The van der Waals surface area contributed by atoms with E-state index in [1.165, 1.54) is 24.3 Å². The molecule has 8 heteroatoms. The number of ether oxygens (including phenoxy) is 2. The highest BCUT2D eigenvalue weighted by atomic mass is 19.3. The lowest BCUT2D eigenvalue weighted by Crippen LogP contribution is -2.34. The second-order valence-electron chi connectivity index (χ2n) is 5.76. The van der Waals surface area contributed by atoms with E-state index < -0.39 is 36.9 Å². The largest absolute Gasteiger partial charge is 0.455 e. The van der Waals surface area contributed by atoms with Gasteiger partial charge in [-0.3, -0.25) is 19.7 Å². The molecule has 0 aromatic heterocycles. The van der Waals surface area contributed by atoms with Crippen molar-refractivity contribution in [3.63, 3.8) is 0 Å². The van der Waals surface area contributed by atoms with Gasteiger partial charge in [0.2, 0.25) is 0 Å². The van der Waals surface area contributed by atoms with Gasteiger partial charge in [-0.15, -0.1) is 0 Å². The van der Waals surface area contributed by atoms with Gasteiger partial charge in [-0.25, -0.2) is 0 Å². The average Bonchev–Trinajstić information content (AvgIpc) is 2.68. The van der Waals surface area contributed by atoms with Gasteiger partial charge in [0.05, 0.1) is 5.92 Å². The Morgan fingerprint density at radius 2 is 1.64 bits per heavy atom. The summed E-state index contributed by atoms with van der Waals surface area (Å²) >= 11 is 0. The fourth-order valence-electron chi connectivity index (χ4n) is 2.48. The summed E-state index contributed by atoms with van der Waals surface area (Å²) in [6.45, 7) is -1.76. The number of hydrogen-bond acceptors (Lipinski definition) is 5. The minimum Gasteiger partial charge on any atom is -0.455 e. The van der Waals surface area contributed by atoms with Crippen LogP contribution < -0.4 is 10.1 Å². The third-order valence-electron chi connectivity index (χ3n) is 3.83. The Morgan fingerprint density at radius 3 is 2.21 bits per heavy atom. The number of benzene rings is 2. The summed E-state index contributed by atoms with van der Waals surface area (Å²) in [6, 6.07) is 13.8. The standard InChI is InChI=1S/C20H19F2NO5/c1-2-16(13-6-4-3-5-7-13)19(26)27-12-17(24)23-18(25)14-8-10-15(11-9-14)28-20(21)22/h3-11,16,20H,2,12H2,1H3,(H,23,24,25)/t16-/m0/s1. The third kappa shape index (κ3) is 6.15. The van der Waals surface area contributed by atoms with Crippen molar-refractivity contribution in [3.05, 3.63) is 65.7 Å². The van der Waals surface area contributed by atoms with Gasteiger partial charge in [-0.05, 0) is 36.2 Å². The van der Waals surface area contributed by atoms with Gasteiger partial charge in [0.15, 0.2) is 6.61 Å². The van der Waals surface area contributed by atoms with Crippen molar-refractivity contribution in [2.75, 3.05) is 6.61 Å². The van der Waals surface area contributed by atoms with E-state index in [2.05, 4.69) is 10.1 Å². The minimum atomic E-state index is -2.97. The maximum absolute atomic E-state index is 12.2. The zero-order valence-corrected chi connectivity index (χ0v) is 15.1. The number of esters is 1. The molecule has 0 heterocycles. The number of carbonyl (C=O) groups excluding carboxylic acids is 3. The molecule has 2 amide bonds. The molecule has 0 aliphatic rings. The van der Waals surface area contributed by atoms with Crippen molar-refractivity contribution in [2.24, 2.45) is 0 Å². The molecule has 148 valence electrons. The second kappa shape index (κ2) is 10.1. The maximum atomic E-state index is 12.2. The molecular formula is C20H19F2NO5. The summed E-state index contributed by atoms with van der Waals surface area (Å²) in [5.74, 6) is -2.73. The molecule has 0 unspecified atom stereocenters. The fourth-order valence-corrected chi connectivity index (χ4v) is 2.48. The fraction of sp³-hybridized carbons (Fsp3) is 0.250. The Kier molecular flexibility index (Phi) is 7.62. The normalized spacial score (nSPS) is 11.6. The molecule has 0 saturated heterocycles. The van der Waals surface area contributed by atoms with E-state index in [1.54, 1.807) is 24.3 Å². The van der Waals surface area contributed by atoms with Gasteiger partial charge in [-0.1, -0.05) is 37.3 Å². The van der Waals surface area contributed by atoms with Gasteiger partial charge in [0, 0.05) is 5.56 Å². The Morgan fingerprint density at radius 1 is 1.00 bits per heavy atom. The van der Waals surface area contributed by atoms with Crippen LogP contribution in [-0.4, -0.2) is 31.0 Å². The van der Waals surface area contributed by atoms with E-state index >= 15 is 0 Å². The summed E-state index contributed by atoms with van der Waals surface area (Å²) < 4.78 is 33.4. The highest BCUT2D eigenvalue weighted by Crippen LogP contribution is 2.20. The number of amides is 2. The van der Waals surface area contributed by atoms with Gasteiger partial charge in [-0.2, -0.15) is 8.78 Å². The highest BCUT2D eigenvalue weighted by Gasteiger charge is 2.21. The van der Waals surface area contributed by atoms with Crippen LogP contribution in [0.2, 0.25) is 0 Å². The number of imide groups is 1. The predicted octanol–water partition coefficient (Wildman–Crippen LogP) is 3.28. The lowest BCUT2D eigenvalue weighted by Gasteiger charge is -2.14. The summed E-state index contributed by atoms with van der Waals surface area (Å²) in [4.78, 5) is 36.0. The molecule has 1 atom stereocenters. The first kappa shape index (κ1) is 21.0. The molecule has 1 N–H and O–H groups in total. The minimum absolute atomic E-state index is 0.0667. The van der Waals surface area contributed by atoms with Crippen LogP contribution in [0.25, 0.3) is 0 Å². The lowest BCUT2D eigenvalue weighted by molar-refractivity contribution is -0.149. The van der Waals surface area contributed by atoms with E-state index in [9.17, 15) is 23.2 Å². The van der Waals surface area contributed by atoms with Crippen LogP contribution >= 0.6 is 0 Å². The monoisotopic (exact) mass is 391 g/mol. The molecule has 2 rings (SSSR count). The van der Waals surface area contributed by atoms with Crippen molar-refractivity contribution < 1.29 is 32.6 Å². The van der Waals surface area contributed by atoms with E-state index in [4.69, 9.17) is 4.74 Å². The molecule has 0 radical (unpaired) electrons. The Balaban J connectivity index is 1.86. The zero-order valence-electron chi connectivity index (χ0n) is 15.1. The van der Waals surface area contributed by atoms with Crippen LogP contribution in [0.1, 0.15) is 35.2 Å². The van der Waals surface area contributed by atoms with E-state index in [0.717, 1.165) is 5.56 Å². The number of halogens is 2. The maximum Gasteiger partial charge on any atom is 0.387 e. The van der Waals surface area contributed by atoms with Crippen LogP contribution in [0.3, 0.4) is 0 Å². The first-order chi connectivity index (χ1) is 13.4. The summed E-state index contributed by atoms with van der Waals surface area (Å²) in [5.41, 5.74) is 0.842. The molecule has 28 heavy (non-hydrogen) atoms. The van der Waals surface area contributed by atoms with E-state index in [0.29, 0.717) is 6.42 Å². The summed E-state index contributed by atoms with van der Waals surface area (Å²) in [6.07, 6.45) is 0.496. The molecule has 0 fully saturated rings. The summed E-state index contributed by atoms with van der Waals surface area (Å²) in [7, 11) is 0. The quantitative estimate of drug-likeness (QED) is 0.699. The van der Waals surface area contributed by atoms with E-state index in [1.807, 2.05) is 13.0 Å². The number of alkyl halides is 2. The Hall–Kier alpha value is -3.29. The Labute approximate surface area is 160 Å². The molecule has 0 aliphatic heterocycles. The second-order valence-corrected chi connectivity index (χ2v) is 5.76. The third-order valence-corrected chi connectivity index (χ3v) is 3.83. The van der Waals surface area contributed by atoms with Crippen molar-refractivity contribution in [1.29, 1.82) is 0 Å². The van der Waals surface area contributed by atoms with Crippen LogP contribution in [0.4, 0.5) is 8.78 Å². The van der Waals surface area contributed by atoms with Crippen molar-refractivity contribution >= 4 is 17.8 Å². The van der Waals surface area contributed by atoms with E-state index in [-0.39, 0.29) is 11.3 Å². The number of nitrogens with one attached hydrogen (secondary N) is 1. The smallest absolute Gasteiger partial charge is 0.387 e. The Bertz CT molecular complexity index is 809. The van der Waals surface area contributed by atoms with Gasteiger partial charge < -0.3 is 9.47 Å². The molecule has 0 aliphatic carbocycles. The first-order valence-corrected chi connectivity index (χ1v) is 8.51. The summed E-state index contributed by atoms with van der Waals surface area (Å²) in [5, 5.41) is 2.06. The molecule has 6 nitrogen and oxygen atoms in total. The molecule has 0 saturated carbocycles. The topological polar surface area (TPSA) is 81.7 Å². The van der Waals surface area contributed by atoms with Gasteiger partial charge >= 0.3 is 12.6 Å². The van der Waals surface area contributed by atoms with Gasteiger partial charge in [0.25, 0.3) is 11.8 Å². The van der Waals surface area contributed by atoms with Crippen LogP contribution in [0.15, 0.2) is 54.6 Å². The van der Waals surface area contributed by atoms with Crippen molar-refractivity contribution in [1.82, 2.24) is 5.32 Å². The first-order valence-electron chi connectivity index (χ1n) is 8.51. The molecule has 2 aromatic carbocycles. The van der Waals surface area contributed by atoms with Crippen LogP contribution in [0, 0.1) is 0 Å². The van der Waals surface area contributed by atoms with Crippen molar-refractivity contribution in [3.8, 4) is 5.75 Å². The van der Waals surface area contributed by atoms with Crippen molar-refractivity contribution in [2.45, 2.75) is 25.9 Å². The lowest BCUT2D eigenvalue weighted by atomic mass is 9.97. The van der Waals surface area contributed by atoms with Crippen LogP contribution in [-0.2, 0) is 14.3 Å². The SMILES string of the molecule is CC[C@H](C(=O)OCC(=O)NC(=O)c1ccc(OC(F)F)cc1)c1ccccc1. The zero-order chi connectivity index (χ0) is 20.5. The molecule has 2 aromatic rings. The van der Waals surface area contributed by atoms with Gasteiger partial charge in [0.1, 0.15) is 5.75 Å². The van der Waals surface area contributed by atoms with Crippen LogP contribution in [0.5, 0.6) is 5.75 Å². The number of carbonyl (C=O) groups is 3. The predicted molar refractivity (Wildman–Crippen MR) is 96.0 cm³/mol. The highest BCUT2D eigenvalue weighted by molar-refractivity contribution is 6.05. The number of hydrogen-bond donors (Lipinski definition) is 1. The molecule has 0 spiro atoms. The number of rotatable bonds is 8. The molecular weight excluding hydrogens is 372 g/mol.